The van der Waals surface area contributed by atoms with E-state index in [0.717, 1.165) is 11.3 Å². The molecule has 26 heavy (non-hydrogen) atoms. The number of rotatable bonds is 6. The standard InChI is InChI=1S/C18H20N4O3S/c1-10(2)15-9-26-18(19-15)20-17(23)14-8-13(21-22-14)12-6-5-11(24-3)7-16(12)25-4/h5-10H,1-4H3,(H,21,22)(H,19,20,23). The Labute approximate surface area is 155 Å². The van der Waals surface area contributed by atoms with Crippen molar-refractivity contribution in [3.63, 3.8) is 0 Å². The predicted octanol–water partition coefficient (Wildman–Crippen LogP) is 3.93. The first kappa shape index (κ1) is 17.9. The fourth-order valence-electron chi connectivity index (χ4n) is 2.36. The van der Waals surface area contributed by atoms with Gasteiger partial charge in [0, 0.05) is 17.0 Å². The molecule has 1 aromatic carbocycles. The van der Waals surface area contributed by atoms with Gasteiger partial charge in [0.15, 0.2) is 5.13 Å². The number of methoxy groups -OCH3 is 2. The number of carbonyl (C=O) groups is 1. The second-order valence-electron chi connectivity index (χ2n) is 5.92. The van der Waals surface area contributed by atoms with Crippen molar-refractivity contribution in [1.29, 1.82) is 0 Å². The van der Waals surface area contributed by atoms with Crippen LogP contribution >= 0.6 is 11.3 Å². The SMILES string of the molecule is COc1ccc(-c2cc(C(=O)Nc3nc(C(C)C)cs3)[nH]n2)c(OC)c1. The Hall–Kier alpha value is -2.87. The van der Waals surface area contributed by atoms with Crippen molar-refractivity contribution in [3.8, 4) is 22.8 Å². The molecule has 0 saturated carbocycles. The van der Waals surface area contributed by atoms with Gasteiger partial charge in [-0.15, -0.1) is 11.3 Å². The first-order valence-electron chi connectivity index (χ1n) is 8.06. The van der Waals surface area contributed by atoms with Gasteiger partial charge >= 0.3 is 0 Å². The Bertz CT molecular complexity index is 917. The van der Waals surface area contributed by atoms with Gasteiger partial charge in [0.1, 0.15) is 17.2 Å². The maximum atomic E-state index is 12.4. The fourth-order valence-corrected chi connectivity index (χ4v) is 3.23. The highest BCUT2D eigenvalue weighted by Gasteiger charge is 2.16. The fraction of sp³-hybridized carbons (Fsp3) is 0.278. The molecule has 0 radical (unpaired) electrons. The summed E-state index contributed by atoms with van der Waals surface area (Å²) < 4.78 is 10.6. The molecule has 3 rings (SSSR count). The summed E-state index contributed by atoms with van der Waals surface area (Å²) in [5, 5.41) is 12.3. The van der Waals surface area contributed by atoms with Gasteiger partial charge in [-0.25, -0.2) is 4.98 Å². The van der Waals surface area contributed by atoms with Crippen molar-refractivity contribution < 1.29 is 14.3 Å². The van der Waals surface area contributed by atoms with Crippen molar-refractivity contribution in [3.05, 3.63) is 41.0 Å². The Morgan fingerprint density at radius 1 is 1.23 bits per heavy atom. The lowest BCUT2D eigenvalue weighted by Gasteiger charge is -2.08. The molecular formula is C18H20N4O3S. The second kappa shape index (κ2) is 7.57. The van der Waals surface area contributed by atoms with Crippen LogP contribution in [0, 0.1) is 0 Å². The number of nitrogens with one attached hydrogen (secondary N) is 2. The molecule has 2 aromatic heterocycles. The lowest BCUT2D eigenvalue weighted by molar-refractivity contribution is 0.102. The third kappa shape index (κ3) is 3.70. The van der Waals surface area contributed by atoms with Crippen molar-refractivity contribution in [2.24, 2.45) is 0 Å². The molecule has 7 nitrogen and oxygen atoms in total. The number of hydrogen-bond acceptors (Lipinski definition) is 6. The number of amides is 1. The Balaban J connectivity index is 1.79. The molecule has 0 saturated heterocycles. The van der Waals surface area contributed by atoms with E-state index in [1.165, 1.54) is 11.3 Å². The minimum absolute atomic E-state index is 0.291. The minimum Gasteiger partial charge on any atom is -0.497 e. The van der Waals surface area contributed by atoms with Gasteiger partial charge < -0.3 is 9.47 Å². The molecule has 0 bridgehead atoms. The first-order valence-corrected chi connectivity index (χ1v) is 8.94. The van der Waals surface area contributed by atoms with Gasteiger partial charge in [-0.2, -0.15) is 5.10 Å². The van der Waals surface area contributed by atoms with Gasteiger partial charge in [0.25, 0.3) is 5.91 Å². The van der Waals surface area contributed by atoms with Gasteiger partial charge in [0.2, 0.25) is 0 Å². The zero-order valence-electron chi connectivity index (χ0n) is 15.0. The van der Waals surface area contributed by atoms with Crippen molar-refractivity contribution in [2.75, 3.05) is 19.5 Å². The number of benzene rings is 1. The molecule has 0 aliphatic heterocycles. The summed E-state index contributed by atoms with van der Waals surface area (Å²) >= 11 is 1.40. The summed E-state index contributed by atoms with van der Waals surface area (Å²) in [4.78, 5) is 16.8. The number of hydrogen-bond donors (Lipinski definition) is 2. The van der Waals surface area contributed by atoms with Crippen LogP contribution in [0.4, 0.5) is 5.13 Å². The lowest BCUT2D eigenvalue weighted by atomic mass is 10.1. The van der Waals surface area contributed by atoms with E-state index in [0.29, 0.717) is 33.9 Å². The van der Waals surface area contributed by atoms with E-state index in [2.05, 4.69) is 34.3 Å². The molecule has 0 unspecified atom stereocenters. The van der Waals surface area contributed by atoms with E-state index < -0.39 is 0 Å². The molecule has 0 atom stereocenters. The molecule has 0 aliphatic carbocycles. The summed E-state index contributed by atoms with van der Waals surface area (Å²) in [7, 11) is 3.17. The molecule has 2 heterocycles. The van der Waals surface area contributed by atoms with Crippen LogP contribution in [0.15, 0.2) is 29.6 Å². The molecule has 2 N–H and O–H groups in total. The molecular weight excluding hydrogens is 352 g/mol. The number of aromatic amines is 1. The van der Waals surface area contributed by atoms with Crippen LogP contribution in [-0.4, -0.2) is 35.3 Å². The number of carbonyl (C=O) groups excluding carboxylic acids is 1. The van der Waals surface area contributed by atoms with Crippen molar-refractivity contribution in [1.82, 2.24) is 15.2 Å². The minimum atomic E-state index is -0.291. The van der Waals surface area contributed by atoms with Crippen LogP contribution in [0.1, 0.15) is 35.9 Å². The average Bonchev–Trinajstić information content (AvgIpc) is 3.30. The third-order valence-electron chi connectivity index (χ3n) is 3.84. The van der Waals surface area contributed by atoms with E-state index in [-0.39, 0.29) is 5.91 Å². The van der Waals surface area contributed by atoms with Crippen molar-refractivity contribution in [2.45, 2.75) is 19.8 Å². The van der Waals surface area contributed by atoms with Crippen LogP contribution in [0.3, 0.4) is 0 Å². The van der Waals surface area contributed by atoms with Gasteiger partial charge in [-0.05, 0) is 24.1 Å². The van der Waals surface area contributed by atoms with Gasteiger partial charge in [0.05, 0.1) is 25.6 Å². The molecule has 1 amide bonds. The van der Waals surface area contributed by atoms with E-state index in [1.807, 2.05) is 17.5 Å². The molecule has 0 spiro atoms. The summed E-state index contributed by atoms with van der Waals surface area (Å²) in [6, 6.07) is 7.10. The summed E-state index contributed by atoms with van der Waals surface area (Å²) in [6.07, 6.45) is 0. The quantitative estimate of drug-likeness (QED) is 0.684. The van der Waals surface area contributed by atoms with E-state index in [1.54, 1.807) is 26.4 Å². The predicted molar refractivity (Wildman–Crippen MR) is 101 cm³/mol. The highest BCUT2D eigenvalue weighted by atomic mass is 32.1. The van der Waals surface area contributed by atoms with Crippen LogP contribution < -0.4 is 14.8 Å². The number of H-pyrrole nitrogens is 1. The van der Waals surface area contributed by atoms with Crippen molar-refractivity contribution >= 4 is 22.4 Å². The van der Waals surface area contributed by atoms with E-state index in [4.69, 9.17) is 9.47 Å². The van der Waals surface area contributed by atoms with Crippen LogP contribution in [0.5, 0.6) is 11.5 Å². The summed E-state index contributed by atoms with van der Waals surface area (Å²) in [6.45, 7) is 4.12. The second-order valence-corrected chi connectivity index (χ2v) is 6.78. The Morgan fingerprint density at radius 3 is 2.69 bits per heavy atom. The highest BCUT2D eigenvalue weighted by molar-refractivity contribution is 7.14. The summed E-state index contributed by atoms with van der Waals surface area (Å²) in [5.74, 6) is 1.33. The maximum Gasteiger partial charge on any atom is 0.275 e. The average molecular weight is 372 g/mol. The Kier molecular flexibility index (Phi) is 5.22. The smallest absolute Gasteiger partial charge is 0.275 e. The number of anilines is 1. The third-order valence-corrected chi connectivity index (χ3v) is 4.62. The normalized spacial score (nSPS) is 10.8. The largest absolute Gasteiger partial charge is 0.497 e. The molecule has 0 aliphatic rings. The zero-order chi connectivity index (χ0) is 18.7. The molecule has 0 fully saturated rings. The number of aromatic nitrogens is 3. The molecule has 136 valence electrons. The van der Waals surface area contributed by atoms with Crippen LogP contribution in [0.2, 0.25) is 0 Å². The monoisotopic (exact) mass is 372 g/mol. The van der Waals surface area contributed by atoms with E-state index in [9.17, 15) is 4.79 Å². The lowest BCUT2D eigenvalue weighted by Crippen LogP contribution is -2.12. The first-order chi connectivity index (χ1) is 12.5. The van der Waals surface area contributed by atoms with Gasteiger partial charge in [-0.1, -0.05) is 13.8 Å². The number of thiazole rings is 1. The Morgan fingerprint density at radius 2 is 2.04 bits per heavy atom. The molecule has 8 heteroatoms. The van der Waals surface area contributed by atoms with Crippen LogP contribution in [-0.2, 0) is 0 Å². The van der Waals surface area contributed by atoms with E-state index >= 15 is 0 Å². The molecule has 3 aromatic rings. The summed E-state index contributed by atoms with van der Waals surface area (Å²) in [5.41, 5.74) is 2.68. The zero-order valence-corrected chi connectivity index (χ0v) is 15.8. The topological polar surface area (TPSA) is 89.1 Å². The van der Waals surface area contributed by atoms with Gasteiger partial charge in [-0.3, -0.25) is 15.2 Å². The highest BCUT2D eigenvalue weighted by Crippen LogP contribution is 2.32. The number of ether oxygens (including phenoxy) is 2. The maximum absolute atomic E-state index is 12.4. The number of nitrogens with zero attached hydrogens (tertiary/aromatic N) is 2. The van der Waals surface area contributed by atoms with Crippen LogP contribution in [0.25, 0.3) is 11.3 Å².